The Morgan fingerprint density at radius 2 is 1.12 bits per heavy atom. The zero-order valence-corrected chi connectivity index (χ0v) is 39.1. The Balaban J connectivity index is 0.00000560. The van der Waals surface area contributed by atoms with E-state index in [2.05, 4.69) is 36.6 Å². The van der Waals surface area contributed by atoms with E-state index in [0.29, 0.717) is 67.8 Å². The topological polar surface area (TPSA) is 107 Å². The first-order valence-electron chi connectivity index (χ1n) is 21.1. The number of hydrogen-bond donors (Lipinski definition) is 2. The monoisotopic (exact) mass is 964 g/mol. The van der Waals surface area contributed by atoms with Crippen LogP contribution in [0.25, 0.3) is 11.1 Å². The Morgan fingerprint density at radius 1 is 0.656 bits per heavy atom. The standard InChI is InChI=1S/C50H40Cl4N4O3S2.CH4/c1-3-5-7-9-15-27-21-33-37(23-29(27)31(25-55)47-57-35-17-11-13-19-39(35)62-47)60-38-24-30(32(26-56)48-58-36-18-12-14-20-40(36)63-48)28(16-10-8-6-4-2)22-34(38)50(33)42-41(49(59)61-50)43(51)45(53)46(54)44(42)52;/h11-14,17-24,57-58H,3-10,15-16H2,1-2H3;1H4/b47-31-,48-32-;. The second-order valence-corrected chi connectivity index (χ2v) is 19.5. The van der Waals surface area contributed by atoms with Crippen molar-refractivity contribution < 1.29 is 14.3 Å². The third-order valence-corrected chi connectivity index (χ3v) is 15.9. The number of aryl methyl sites for hydroxylation is 2. The molecule has 0 fully saturated rings. The number of hydrogen-bond acceptors (Lipinski definition) is 9. The van der Waals surface area contributed by atoms with E-state index in [1.165, 1.54) is 23.5 Å². The summed E-state index contributed by atoms with van der Waals surface area (Å²) in [5.74, 6) is -0.0305. The number of nitrogens with zero attached hydrogens (tertiary/aromatic N) is 2. The summed E-state index contributed by atoms with van der Waals surface area (Å²) in [6.07, 6.45) is 9.18. The zero-order chi connectivity index (χ0) is 44.0. The Labute approximate surface area is 403 Å². The lowest BCUT2D eigenvalue weighted by molar-refractivity contribution is 0.0224. The van der Waals surface area contributed by atoms with Crippen LogP contribution in [0.5, 0.6) is 11.5 Å². The van der Waals surface area contributed by atoms with Gasteiger partial charge in [-0.05, 0) is 85.3 Å². The van der Waals surface area contributed by atoms with E-state index in [0.717, 1.165) is 83.7 Å². The maximum absolute atomic E-state index is 14.4. The van der Waals surface area contributed by atoms with E-state index >= 15 is 0 Å². The van der Waals surface area contributed by atoms with Gasteiger partial charge in [0, 0.05) is 37.6 Å². The number of nitriles is 2. The van der Waals surface area contributed by atoms with Gasteiger partial charge in [0.25, 0.3) is 0 Å². The molecule has 0 amide bonds. The summed E-state index contributed by atoms with van der Waals surface area (Å²) in [4.78, 5) is 16.5. The van der Waals surface area contributed by atoms with Crippen molar-refractivity contribution in [1.82, 2.24) is 0 Å². The number of fused-ring (bicyclic) bond motifs is 8. The van der Waals surface area contributed by atoms with Crippen molar-refractivity contribution >= 4 is 98.4 Å². The summed E-state index contributed by atoms with van der Waals surface area (Å²) < 4.78 is 13.7. The van der Waals surface area contributed by atoms with Crippen molar-refractivity contribution in [1.29, 1.82) is 10.5 Å². The van der Waals surface area contributed by atoms with Crippen LogP contribution in [-0.2, 0) is 23.2 Å². The van der Waals surface area contributed by atoms with E-state index in [1.807, 2.05) is 72.8 Å². The van der Waals surface area contributed by atoms with Crippen LogP contribution in [-0.4, -0.2) is 5.97 Å². The summed E-state index contributed by atoms with van der Waals surface area (Å²) in [6, 6.07) is 28.7. The lowest BCUT2D eigenvalue weighted by Gasteiger charge is -2.38. The third-order valence-electron chi connectivity index (χ3n) is 12.0. The summed E-state index contributed by atoms with van der Waals surface area (Å²) >= 11 is 30.7. The molecule has 4 aliphatic rings. The van der Waals surface area contributed by atoms with Crippen LogP contribution in [0.3, 0.4) is 0 Å². The van der Waals surface area contributed by atoms with Crippen LogP contribution < -0.4 is 15.4 Å². The van der Waals surface area contributed by atoms with Crippen LogP contribution in [0.4, 0.5) is 11.4 Å². The van der Waals surface area contributed by atoms with Crippen LogP contribution >= 0.6 is 69.9 Å². The molecule has 5 aromatic carbocycles. The number of carbonyl (C=O) groups is 1. The predicted molar refractivity (Wildman–Crippen MR) is 264 cm³/mol. The minimum atomic E-state index is -1.70. The van der Waals surface area contributed by atoms with Gasteiger partial charge in [0.2, 0.25) is 0 Å². The molecule has 4 heterocycles. The van der Waals surface area contributed by atoms with Gasteiger partial charge >= 0.3 is 5.97 Å². The molecule has 0 aromatic heterocycles. The highest BCUT2D eigenvalue weighted by Gasteiger charge is 2.57. The number of para-hydroxylation sites is 2. The molecule has 0 bridgehead atoms. The Kier molecular flexibility index (Phi) is 13.6. The van der Waals surface area contributed by atoms with Gasteiger partial charge < -0.3 is 20.1 Å². The number of anilines is 2. The highest BCUT2D eigenvalue weighted by Crippen LogP contribution is 2.62. The van der Waals surface area contributed by atoms with E-state index in [9.17, 15) is 15.3 Å². The normalized spacial score (nSPS) is 16.1. The molecule has 0 atom stereocenters. The number of unbranched alkanes of at least 4 members (excludes halogenated alkanes) is 6. The van der Waals surface area contributed by atoms with Crippen molar-refractivity contribution in [3.63, 3.8) is 0 Å². The lowest BCUT2D eigenvalue weighted by atomic mass is 9.74. The van der Waals surface area contributed by atoms with Gasteiger partial charge in [0.1, 0.15) is 23.6 Å². The van der Waals surface area contributed by atoms with Gasteiger partial charge in [-0.15, -0.1) is 0 Å². The molecule has 13 heteroatoms. The molecule has 2 N–H and O–H groups in total. The van der Waals surface area contributed by atoms with E-state index in [-0.39, 0.29) is 38.6 Å². The minimum absolute atomic E-state index is 0. The van der Waals surface area contributed by atoms with Crippen molar-refractivity contribution in [3.05, 3.63) is 147 Å². The molecule has 0 radical (unpaired) electrons. The van der Waals surface area contributed by atoms with Crippen molar-refractivity contribution in [3.8, 4) is 23.6 Å². The number of allylic oxidation sites excluding steroid dienone is 2. The van der Waals surface area contributed by atoms with Gasteiger partial charge in [-0.25, -0.2) is 4.79 Å². The number of thioether (sulfide) groups is 2. The van der Waals surface area contributed by atoms with Crippen LogP contribution in [0, 0.1) is 22.7 Å². The molecule has 0 aliphatic carbocycles. The second kappa shape index (κ2) is 19.0. The maximum Gasteiger partial charge on any atom is 0.341 e. The number of benzene rings is 5. The van der Waals surface area contributed by atoms with E-state index in [1.54, 1.807) is 0 Å². The first-order chi connectivity index (χ1) is 30.6. The van der Waals surface area contributed by atoms with Crippen LogP contribution in [0.1, 0.15) is 122 Å². The molecule has 9 rings (SSSR count). The average molecular weight is 967 g/mol. The number of halogens is 4. The van der Waals surface area contributed by atoms with Crippen LogP contribution in [0.15, 0.2) is 92.6 Å². The highest BCUT2D eigenvalue weighted by atomic mass is 35.5. The molecule has 5 aromatic rings. The van der Waals surface area contributed by atoms with E-state index < -0.39 is 11.6 Å². The second-order valence-electron chi connectivity index (χ2n) is 15.9. The predicted octanol–water partition coefficient (Wildman–Crippen LogP) is 16.6. The minimum Gasteiger partial charge on any atom is -0.456 e. The van der Waals surface area contributed by atoms with Gasteiger partial charge in [-0.3, -0.25) is 0 Å². The molecule has 0 saturated heterocycles. The molecular formula is C51H44Cl4N4O3S2. The van der Waals surface area contributed by atoms with Gasteiger partial charge in [0.05, 0.1) is 58.2 Å². The largest absolute Gasteiger partial charge is 0.456 e. The quantitative estimate of drug-likeness (QED) is 0.0415. The number of nitrogens with one attached hydrogen (secondary N) is 2. The molecule has 4 aliphatic heterocycles. The van der Waals surface area contributed by atoms with Gasteiger partial charge in [-0.2, -0.15) is 10.5 Å². The molecule has 7 nitrogen and oxygen atoms in total. The maximum atomic E-state index is 14.4. The van der Waals surface area contributed by atoms with Gasteiger partial charge in [0.15, 0.2) is 5.60 Å². The first kappa shape index (κ1) is 45.8. The highest BCUT2D eigenvalue weighted by molar-refractivity contribution is 8.04. The average Bonchev–Trinajstić information content (AvgIpc) is 4.00. The Morgan fingerprint density at radius 3 is 1.58 bits per heavy atom. The zero-order valence-electron chi connectivity index (χ0n) is 34.4. The fourth-order valence-electron chi connectivity index (χ4n) is 8.90. The third kappa shape index (κ3) is 7.83. The molecular weight excluding hydrogens is 923 g/mol. The van der Waals surface area contributed by atoms with Crippen molar-refractivity contribution in [2.24, 2.45) is 0 Å². The van der Waals surface area contributed by atoms with Crippen molar-refractivity contribution in [2.75, 3.05) is 10.6 Å². The SMILES string of the molecule is C.CCCCCCc1cc2c(cc1/C(C#N)=C1/Nc3ccccc3S1)Oc1cc(/C(C#N)=C3/Nc4ccccc4S3)c(CCCCCC)cc1C21OC(=O)c2c(Cl)c(Cl)c(Cl)c(Cl)c21. The molecule has 0 unspecified atom stereocenters. The first-order valence-corrected chi connectivity index (χ1v) is 24.3. The summed E-state index contributed by atoms with van der Waals surface area (Å²) in [5, 5.41) is 30.2. The van der Waals surface area contributed by atoms with Crippen molar-refractivity contribution in [2.45, 2.75) is 101 Å². The number of ether oxygens (including phenoxy) is 2. The fourth-order valence-corrected chi connectivity index (χ4v) is 12.0. The van der Waals surface area contributed by atoms with E-state index in [4.69, 9.17) is 55.9 Å². The Hall–Kier alpha value is -4.71. The fraction of sp³-hybridized carbons (Fsp3) is 0.275. The number of rotatable bonds is 12. The lowest BCUT2D eigenvalue weighted by Crippen LogP contribution is -2.34. The molecule has 0 saturated carbocycles. The summed E-state index contributed by atoms with van der Waals surface area (Å²) in [7, 11) is 0. The summed E-state index contributed by atoms with van der Waals surface area (Å²) in [6.45, 7) is 4.34. The number of esters is 1. The van der Waals surface area contributed by atoms with Crippen LogP contribution in [0.2, 0.25) is 20.1 Å². The summed E-state index contributed by atoms with van der Waals surface area (Å²) in [5.41, 5.74) is 5.49. The molecule has 64 heavy (non-hydrogen) atoms. The van der Waals surface area contributed by atoms with Gasteiger partial charge in [-0.1, -0.05) is 154 Å². The smallest absolute Gasteiger partial charge is 0.341 e. The molecule has 1 spiro atoms. The number of carbonyl (C=O) groups excluding carboxylic acids is 1. The molecule has 326 valence electrons. The Bertz CT molecular complexity index is 2700.